The van der Waals surface area contributed by atoms with Crippen LogP contribution in [0.15, 0.2) is 61.1 Å². The molecule has 0 atom stereocenters. The average Bonchev–Trinajstić information content (AvgIpc) is 3.01. The Labute approximate surface area is 136 Å². The summed E-state index contributed by atoms with van der Waals surface area (Å²) in [6.07, 6.45) is 5.15. The van der Waals surface area contributed by atoms with Gasteiger partial charge in [-0.1, -0.05) is 11.6 Å². The first kappa shape index (κ1) is 13.7. The van der Waals surface area contributed by atoms with Crippen LogP contribution in [-0.2, 0) is 0 Å². The van der Waals surface area contributed by atoms with E-state index in [1.807, 2.05) is 42.5 Å². The minimum atomic E-state index is 0.507. The normalized spacial score (nSPS) is 10.8. The van der Waals surface area contributed by atoms with Gasteiger partial charge >= 0.3 is 0 Å². The zero-order valence-corrected chi connectivity index (χ0v) is 12.6. The molecule has 112 valence electrons. The smallest absolute Gasteiger partial charge is 0.227 e. The fourth-order valence-electron chi connectivity index (χ4n) is 2.26. The summed E-state index contributed by atoms with van der Waals surface area (Å²) in [4.78, 5) is 8.80. The predicted octanol–water partition coefficient (Wildman–Crippen LogP) is 3.58. The van der Waals surface area contributed by atoms with Crippen molar-refractivity contribution < 1.29 is 0 Å². The average molecular weight is 323 g/mol. The van der Waals surface area contributed by atoms with Gasteiger partial charge < -0.3 is 5.32 Å². The van der Waals surface area contributed by atoms with E-state index < -0.39 is 0 Å². The monoisotopic (exact) mass is 322 g/mol. The highest BCUT2D eigenvalue weighted by molar-refractivity contribution is 6.30. The first-order valence-corrected chi connectivity index (χ1v) is 7.32. The van der Waals surface area contributed by atoms with Crippen LogP contribution in [-0.4, -0.2) is 24.8 Å². The highest BCUT2D eigenvalue weighted by Crippen LogP contribution is 2.23. The highest BCUT2D eigenvalue weighted by atomic mass is 35.5. The molecule has 0 aliphatic carbocycles. The lowest BCUT2D eigenvalue weighted by Gasteiger charge is -2.06. The van der Waals surface area contributed by atoms with Crippen LogP contribution in [0, 0.1) is 0 Å². The van der Waals surface area contributed by atoms with Crippen molar-refractivity contribution >= 4 is 28.8 Å². The lowest BCUT2D eigenvalue weighted by molar-refractivity contribution is 0.800. The summed E-state index contributed by atoms with van der Waals surface area (Å²) >= 11 is 5.89. The standard InChI is InChI=1S/C16H11ClN6/c17-11-3-5-12(6-4-11)21-16-18-9-7-14(22-16)13-10-20-23-15(13)2-1-8-19-23/h1-10H,(H,18,21,22). The summed E-state index contributed by atoms with van der Waals surface area (Å²) in [6, 6.07) is 13.0. The Morgan fingerprint density at radius 2 is 1.83 bits per heavy atom. The van der Waals surface area contributed by atoms with Gasteiger partial charge in [0.15, 0.2) is 0 Å². The van der Waals surface area contributed by atoms with E-state index in [0.29, 0.717) is 11.0 Å². The van der Waals surface area contributed by atoms with Crippen LogP contribution in [0.2, 0.25) is 5.02 Å². The van der Waals surface area contributed by atoms with Gasteiger partial charge in [0.05, 0.1) is 17.4 Å². The second-order valence-corrected chi connectivity index (χ2v) is 5.29. The van der Waals surface area contributed by atoms with E-state index in [0.717, 1.165) is 22.5 Å². The SMILES string of the molecule is Clc1ccc(Nc2nccc(-c3cnn4ncccc34)n2)cc1. The van der Waals surface area contributed by atoms with Crippen LogP contribution >= 0.6 is 11.6 Å². The van der Waals surface area contributed by atoms with Crippen molar-refractivity contribution in [2.24, 2.45) is 0 Å². The third-order valence-corrected chi connectivity index (χ3v) is 3.59. The molecule has 0 aliphatic heterocycles. The van der Waals surface area contributed by atoms with Crippen LogP contribution in [0.25, 0.3) is 16.8 Å². The van der Waals surface area contributed by atoms with Gasteiger partial charge in [0.2, 0.25) is 5.95 Å². The van der Waals surface area contributed by atoms with E-state index in [-0.39, 0.29) is 0 Å². The molecule has 1 aromatic carbocycles. The number of anilines is 2. The fraction of sp³-hybridized carbons (Fsp3) is 0. The number of aromatic nitrogens is 5. The number of hydrogen-bond acceptors (Lipinski definition) is 5. The molecule has 0 spiro atoms. The molecule has 1 N–H and O–H groups in total. The quantitative estimate of drug-likeness (QED) is 0.624. The topological polar surface area (TPSA) is 68.0 Å². The van der Waals surface area contributed by atoms with E-state index in [1.165, 1.54) is 0 Å². The lowest BCUT2D eigenvalue weighted by atomic mass is 10.2. The van der Waals surface area contributed by atoms with Gasteiger partial charge in [-0.05, 0) is 42.5 Å². The molecule has 0 aliphatic rings. The maximum atomic E-state index is 5.89. The Morgan fingerprint density at radius 1 is 0.957 bits per heavy atom. The molecule has 0 unspecified atom stereocenters. The van der Waals surface area contributed by atoms with Crippen molar-refractivity contribution in [2.75, 3.05) is 5.32 Å². The van der Waals surface area contributed by atoms with Crippen molar-refractivity contribution in [2.45, 2.75) is 0 Å². The number of rotatable bonds is 3. The summed E-state index contributed by atoms with van der Waals surface area (Å²) in [7, 11) is 0. The van der Waals surface area contributed by atoms with Crippen LogP contribution < -0.4 is 5.32 Å². The van der Waals surface area contributed by atoms with E-state index in [9.17, 15) is 0 Å². The van der Waals surface area contributed by atoms with Gasteiger partial charge in [0.1, 0.15) is 0 Å². The molecule has 0 saturated carbocycles. The number of hydrogen-bond donors (Lipinski definition) is 1. The summed E-state index contributed by atoms with van der Waals surface area (Å²) in [5.74, 6) is 0.507. The van der Waals surface area contributed by atoms with Crippen LogP contribution in [0.3, 0.4) is 0 Å². The molecule has 4 aromatic rings. The molecular formula is C16H11ClN6. The Balaban J connectivity index is 1.70. The number of nitrogens with one attached hydrogen (secondary N) is 1. The molecule has 0 radical (unpaired) electrons. The molecule has 23 heavy (non-hydrogen) atoms. The minimum Gasteiger partial charge on any atom is -0.324 e. The van der Waals surface area contributed by atoms with Gasteiger partial charge in [0, 0.05) is 28.7 Å². The Morgan fingerprint density at radius 3 is 2.70 bits per heavy atom. The molecule has 0 fully saturated rings. The first-order chi connectivity index (χ1) is 11.3. The Hall–Kier alpha value is -2.99. The molecule has 3 heterocycles. The van der Waals surface area contributed by atoms with Crippen molar-refractivity contribution in [3.05, 3.63) is 66.1 Å². The number of nitrogens with zero attached hydrogens (tertiary/aromatic N) is 5. The second-order valence-electron chi connectivity index (χ2n) is 4.85. The van der Waals surface area contributed by atoms with E-state index in [4.69, 9.17) is 11.6 Å². The predicted molar refractivity (Wildman–Crippen MR) is 88.7 cm³/mol. The van der Waals surface area contributed by atoms with Crippen LogP contribution in [0.4, 0.5) is 11.6 Å². The molecule has 0 bridgehead atoms. The van der Waals surface area contributed by atoms with Crippen molar-refractivity contribution in [3.63, 3.8) is 0 Å². The summed E-state index contributed by atoms with van der Waals surface area (Å²) in [5, 5.41) is 12.2. The van der Waals surface area contributed by atoms with Gasteiger partial charge in [-0.3, -0.25) is 0 Å². The van der Waals surface area contributed by atoms with Crippen LogP contribution in [0.5, 0.6) is 0 Å². The summed E-state index contributed by atoms with van der Waals surface area (Å²) < 4.78 is 1.57. The number of halogens is 1. The maximum absolute atomic E-state index is 5.89. The number of fused-ring (bicyclic) bond motifs is 1. The maximum Gasteiger partial charge on any atom is 0.227 e. The largest absolute Gasteiger partial charge is 0.324 e. The van der Waals surface area contributed by atoms with Gasteiger partial charge in [-0.25, -0.2) is 9.97 Å². The van der Waals surface area contributed by atoms with Crippen molar-refractivity contribution in [3.8, 4) is 11.3 Å². The summed E-state index contributed by atoms with van der Waals surface area (Å²) in [6.45, 7) is 0. The number of benzene rings is 1. The molecule has 7 heteroatoms. The van der Waals surface area contributed by atoms with Crippen molar-refractivity contribution in [1.82, 2.24) is 24.8 Å². The van der Waals surface area contributed by atoms with E-state index in [2.05, 4.69) is 25.5 Å². The highest BCUT2D eigenvalue weighted by Gasteiger charge is 2.09. The molecule has 3 aromatic heterocycles. The van der Waals surface area contributed by atoms with Crippen molar-refractivity contribution in [1.29, 1.82) is 0 Å². The minimum absolute atomic E-state index is 0.507. The zero-order chi connectivity index (χ0) is 15.6. The Bertz CT molecular complexity index is 964. The lowest BCUT2D eigenvalue weighted by Crippen LogP contribution is -1.97. The van der Waals surface area contributed by atoms with Gasteiger partial charge in [-0.2, -0.15) is 14.8 Å². The molecule has 0 saturated heterocycles. The Kier molecular flexibility index (Phi) is 3.36. The molecule has 4 rings (SSSR count). The third-order valence-electron chi connectivity index (χ3n) is 3.34. The van der Waals surface area contributed by atoms with Gasteiger partial charge in [-0.15, -0.1) is 0 Å². The second kappa shape index (κ2) is 5.66. The molecule has 6 nitrogen and oxygen atoms in total. The third kappa shape index (κ3) is 2.72. The molecule has 0 amide bonds. The molecular weight excluding hydrogens is 312 g/mol. The zero-order valence-electron chi connectivity index (χ0n) is 11.9. The first-order valence-electron chi connectivity index (χ1n) is 6.95. The fourth-order valence-corrected chi connectivity index (χ4v) is 2.39. The van der Waals surface area contributed by atoms with E-state index >= 15 is 0 Å². The van der Waals surface area contributed by atoms with Gasteiger partial charge in [0.25, 0.3) is 0 Å². The summed E-state index contributed by atoms with van der Waals surface area (Å²) in [5.41, 5.74) is 3.44. The van der Waals surface area contributed by atoms with Crippen LogP contribution in [0.1, 0.15) is 0 Å². The van der Waals surface area contributed by atoms with E-state index in [1.54, 1.807) is 23.2 Å².